The van der Waals surface area contributed by atoms with Crippen LogP contribution in [0.25, 0.3) is 5.69 Å². The Bertz CT molecular complexity index is 1230. The van der Waals surface area contributed by atoms with Crippen LogP contribution >= 0.6 is 0 Å². The normalized spacial score (nSPS) is 12.0. The van der Waals surface area contributed by atoms with Crippen LogP contribution in [0.4, 0.5) is 10.1 Å². The number of anilines is 1. The van der Waals surface area contributed by atoms with Gasteiger partial charge >= 0.3 is 5.69 Å². The zero-order chi connectivity index (χ0) is 24.3. The third-order valence-electron chi connectivity index (χ3n) is 5.56. The SMILES string of the molecule is CCC[C@H](C)Oc1cc(-n2nc(CC)n(C)c2=O)c(F)cc1C(=O)Nc1ccc(C)cc1C. The second-order valence-corrected chi connectivity index (χ2v) is 8.31. The van der Waals surface area contributed by atoms with Gasteiger partial charge in [-0.3, -0.25) is 9.36 Å². The van der Waals surface area contributed by atoms with E-state index in [1.54, 1.807) is 7.05 Å². The third kappa shape index (κ3) is 5.16. The summed E-state index contributed by atoms with van der Waals surface area (Å²) in [5, 5.41) is 7.09. The van der Waals surface area contributed by atoms with Crippen molar-refractivity contribution in [2.75, 3.05) is 5.32 Å². The first-order chi connectivity index (χ1) is 15.7. The van der Waals surface area contributed by atoms with Crippen LogP contribution in [0, 0.1) is 19.7 Å². The molecule has 0 aliphatic rings. The van der Waals surface area contributed by atoms with Crippen molar-refractivity contribution in [2.24, 2.45) is 7.05 Å². The number of halogens is 1. The number of ether oxygens (including phenoxy) is 1. The van der Waals surface area contributed by atoms with Crippen LogP contribution < -0.4 is 15.7 Å². The molecule has 3 aromatic rings. The van der Waals surface area contributed by atoms with Gasteiger partial charge < -0.3 is 10.1 Å². The number of rotatable bonds is 8. The highest BCUT2D eigenvalue weighted by Gasteiger charge is 2.22. The smallest absolute Gasteiger partial charge is 0.350 e. The fraction of sp³-hybridized carbons (Fsp3) is 0.400. The maximum Gasteiger partial charge on any atom is 0.350 e. The zero-order valence-electron chi connectivity index (χ0n) is 20.0. The Balaban J connectivity index is 2.08. The number of carbonyl (C=O) groups is 1. The molecule has 7 nitrogen and oxygen atoms in total. The molecule has 2 aromatic carbocycles. The lowest BCUT2D eigenvalue weighted by Crippen LogP contribution is -2.24. The van der Waals surface area contributed by atoms with Gasteiger partial charge in [-0.05, 0) is 44.9 Å². The summed E-state index contributed by atoms with van der Waals surface area (Å²) in [6.45, 7) is 9.65. The Hall–Kier alpha value is -3.42. The van der Waals surface area contributed by atoms with E-state index in [9.17, 15) is 9.59 Å². The van der Waals surface area contributed by atoms with Crippen molar-refractivity contribution < 1.29 is 13.9 Å². The zero-order valence-corrected chi connectivity index (χ0v) is 20.0. The molecule has 1 aromatic heterocycles. The van der Waals surface area contributed by atoms with Gasteiger partial charge in [0.05, 0.1) is 11.7 Å². The van der Waals surface area contributed by atoms with E-state index in [1.807, 2.05) is 52.8 Å². The first kappa shape index (κ1) is 24.2. The van der Waals surface area contributed by atoms with E-state index in [1.165, 1.54) is 10.6 Å². The van der Waals surface area contributed by atoms with E-state index >= 15 is 4.39 Å². The number of carbonyl (C=O) groups excluding carboxylic acids is 1. The molecule has 1 heterocycles. The van der Waals surface area contributed by atoms with Gasteiger partial charge in [-0.2, -0.15) is 4.68 Å². The van der Waals surface area contributed by atoms with E-state index in [4.69, 9.17) is 4.74 Å². The van der Waals surface area contributed by atoms with Crippen molar-refractivity contribution in [3.63, 3.8) is 0 Å². The molecule has 1 amide bonds. The van der Waals surface area contributed by atoms with Crippen LogP contribution in [0.5, 0.6) is 5.75 Å². The second kappa shape index (κ2) is 10.0. The number of aromatic nitrogens is 3. The minimum absolute atomic E-state index is 0.0545. The fourth-order valence-electron chi connectivity index (χ4n) is 3.75. The lowest BCUT2D eigenvalue weighted by atomic mass is 10.1. The molecule has 3 rings (SSSR count). The third-order valence-corrected chi connectivity index (χ3v) is 5.56. The van der Waals surface area contributed by atoms with Gasteiger partial charge in [0.15, 0.2) is 0 Å². The molecule has 0 aliphatic carbocycles. The summed E-state index contributed by atoms with van der Waals surface area (Å²) < 4.78 is 23.6. The molecule has 176 valence electrons. The van der Waals surface area contributed by atoms with Crippen molar-refractivity contribution in [3.8, 4) is 11.4 Å². The minimum atomic E-state index is -0.737. The number of amides is 1. The predicted molar refractivity (Wildman–Crippen MR) is 127 cm³/mol. The number of hydrogen-bond acceptors (Lipinski definition) is 4. The minimum Gasteiger partial charge on any atom is -0.490 e. The number of nitrogens with zero attached hydrogens (tertiary/aromatic N) is 3. The monoisotopic (exact) mass is 454 g/mol. The van der Waals surface area contributed by atoms with Gasteiger partial charge in [0, 0.05) is 25.2 Å². The Morgan fingerprint density at radius 2 is 1.94 bits per heavy atom. The summed E-state index contributed by atoms with van der Waals surface area (Å²) >= 11 is 0. The molecule has 1 N–H and O–H groups in total. The van der Waals surface area contributed by atoms with Crippen LogP contribution in [0.15, 0.2) is 35.1 Å². The van der Waals surface area contributed by atoms with Gasteiger partial charge in [0.25, 0.3) is 5.91 Å². The molecule has 1 atom stereocenters. The summed E-state index contributed by atoms with van der Waals surface area (Å²) in [7, 11) is 1.59. The average Bonchev–Trinajstić information content (AvgIpc) is 3.05. The van der Waals surface area contributed by atoms with Crippen LogP contribution in [0.2, 0.25) is 0 Å². The highest BCUT2D eigenvalue weighted by molar-refractivity contribution is 6.06. The molecule has 0 fully saturated rings. The van der Waals surface area contributed by atoms with E-state index in [-0.39, 0.29) is 23.1 Å². The molecule has 0 aliphatic heterocycles. The standard InChI is InChI=1S/C25H31FN4O3/c1-7-9-17(5)33-22-14-21(30-25(32)29(6)23(8-2)28-30)19(26)13-18(22)24(31)27-20-11-10-15(3)12-16(20)4/h10-14,17H,7-9H2,1-6H3,(H,27,31)/t17-/m0/s1. The van der Waals surface area contributed by atoms with Gasteiger partial charge in [-0.1, -0.05) is 38.0 Å². The summed E-state index contributed by atoms with van der Waals surface area (Å²) in [6.07, 6.45) is 1.97. The van der Waals surface area contributed by atoms with Crippen LogP contribution in [0.1, 0.15) is 60.9 Å². The van der Waals surface area contributed by atoms with E-state index < -0.39 is 17.4 Å². The molecule has 8 heteroatoms. The second-order valence-electron chi connectivity index (χ2n) is 8.31. The first-order valence-corrected chi connectivity index (χ1v) is 11.2. The number of hydrogen-bond donors (Lipinski definition) is 1. The van der Waals surface area contributed by atoms with Gasteiger partial charge in [-0.25, -0.2) is 9.18 Å². The first-order valence-electron chi connectivity index (χ1n) is 11.2. The van der Waals surface area contributed by atoms with Crippen molar-refractivity contribution in [2.45, 2.75) is 60.0 Å². The Morgan fingerprint density at radius 1 is 1.21 bits per heavy atom. The van der Waals surface area contributed by atoms with Crippen LogP contribution in [0.3, 0.4) is 0 Å². The maximum absolute atomic E-state index is 15.2. The molecular weight excluding hydrogens is 423 g/mol. The highest BCUT2D eigenvalue weighted by atomic mass is 19.1. The van der Waals surface area contributed by atoms with Gasteiger partial charge in [0.2, 0.25) is 0 Å². The molecule has 0 radical (unpaired) electrons. The van der Waals surface area contributed by atoms with Gasteiger partial charge in [0.1, 0.15) is 23.1 Å². The Labute approximate surface area is 193 Å². The lowest BCUT2D eigenvalue weighted by molar-refractivity contribution is 0.101. The Morgan fingerprint density at radius 3 is 2.55 bits per heavy atom. The largest absolute Gasteiger partial charge is 0.490 e. The van der Waals surface area contributed by atoms with E-state index in [0.717, 1.165) is 34.7 Å². The maximum atomic E-state index is 15.2. The molecule has 33 heavy (non-hydrogen) atoms. The lowest BCUT2D eigenvalue weighted by Gasteiger charge is -2.18. The molecular formula is C25H31FN4O3. The molecule has 0 unspecified atom stereocenters. The number of benzene rings is 2. The topological polar surface area (TPSA) is 78.2 Å². The van der Waals surface area contributed by atoms with Crippen molar-refractivity contribution in [1.29, 1.82) is 0 Å². The predicted octanol–water partition coefficient (Wildman–Crippen LogP) is 4.71. The van der Waals surface area contributed by atoms with Crippen molar-refractivity contribution in [1.82, 2.24) is 14.3 Å². The number of aryl methyl sites for hydroxylation is 3. The molecule has 0 saturated carbocycles. The number of nitrogens with one attached hydrogen (secondary N) is 1. The summed E-state index contributed by atoms with van der Waals surface area (Å²) in [6, 6.07) is 8.15. The highest BCUT2D eigenvalue weighted by Crippen LogP contribution is 2.28. The molecule has 0 spiro atoms. The Kier molecular flexibility index (Phi) is 7.36. The van der Waals surface area contributed by atoms with E-state index in [0.29, 0.717) is 17.9 Å². The molecule has 0 saturated heterocycles. The van der Waals surface area contributed by atoms with E-state index in [2.05, 4.69) is 10.4 Å². The molecule has 0 bridgehead atoms. The average molecular weight is 455 g/mol. The van der Waals surface area contributed by atoms with Crippen LogP contribution in [-0.4, -0.2) is 26.4 Å². The van der Waals surface area contributed by atoms with Crippen molar-refractivity contribution >= 4 is 11.6 Å². The summed E-state index contributed by atoms with van der Waals surface area (Å²) in [4.78, 5) is 25.8. The fourth-order valence-corrected chi connectivity index (χ4v) is 3.75. The van der Waals surface area contributed by atoms with Crippen molar-refractivity contribution in [3.05, 3.63) is 69.1 Å². The van der Waals surface area contributed by atoms with Gasteiger partial charge in [-0.15, -0.1) is 5.10 Å². The summed E-state index contributed by atoms with van der Waals surface area (Å²) in [5.41, 5.74) is 2.14. The quantitative estimate of drug-likeness (QED) is 0.535. The van der Waals surface area contributed by atoms with Crippen LogP contribution in [-0.2, 0) is 13.5 Å². The summed E-state index contributed by atoms with van der Waals surface area (Å²) in [5.74, 6) is -0.504.